The Morgan fingerprint density at radius 2 is 1.73 bits per heavy atom. The Labute approximate surface area is 178 Å². The molecule has 30 heavy (non-hydrogen) atoms. The first-order chi connectivity index (χ1) is 14.4. The average Bonchev–Trinajstić information content (AvgIpc) is 2.77. The van der Waals surface area contributed by atoms with Crippen molar-refractivity contribution in [2.45, 2.75) is 11.4 Å². The van der Waals surface area contributed by atoms with E-state index in [1.165, 1.54) is 24.3 Å². The lowest BCUT2D eigenvalue weighted by atomic mass is 10.1. The van der Waals surface area contributed by atoms with E-state index >= 15 is 0 Å². The van der Waals surface area contributed by atoms with Crippen molar-refractivity contribution in [3.05, 3.63) is 59.7 Å². The van der Waals surface area contributed by atoms with Crippen LogP contribution in [0.5, 0.6) is 0 Å². The van der Waals surface area contributed by atoms with E-state index in [2.05, 4.69) is 38.9 Å². The third-order valence-electron chi connectivity index (χ3n) is 5.07. The van der Waals surface area contributed by atoms with Crippen LogP contribution < -0.4 is 14.9 Å². The van der Waals surface area contributed by atoms with E-state index in [9.17, 15) is 13.2 Å². The van der Waals surface area contributed by atoms with E-state index in [1.54, 1.807) is 0 Å². The van der Waals surface area contributed by atoms with Crippen LogP contribution in [-0.2, 0) is 16.6 Å². The fourth-order valence-electron chi connectivity index (χ4n) is 3.30. The lowest BCUT2D eigenvalue weighted by Crippen LogP contribution is -2.45. The SMILES string of the molecule is C#CCNS(=O)(=O)c1ccc(C(=O)NCc2ccccc2N2CCN(C)CC2)cc1. The Balaban J connectivity index is 1.65. The first-order valence-electron chi connectivity index (χ1n) is 9.73. The highest BCUT2D eigenvalue weighted by atomic mass is 32.2. The molecule has 1 fully saturated rings. The number of benzene rings is 2. The predicted octanol–water partition coefficient (Wildman–Crippen LogP) is 1.28. The van der Waals surface area contributed by atoms with Crippen molar-refractivity contribution in [3.63, 3.8) is 0 Å². The molecule has 1 aliphatic rings. The number of hydrogen-bond donors (Lipinski definition) is 2. The number of piperazine rings is 1. The Hall–Kier alpha value is -2.86. The van der Waals surface area contributed by atoms with Gasteiger partial charge in [-0.25, -0.2) is 8.42 Å². The molecule has 7 nitrogen and oxygen atoms in total. The quantitative estimate of drug-likeness (QED) is 0.652. The van der Waals surface area contributed by atoms with Gasteiger partial charge in [0.1, 0.15) is 0 Å². The van der Waals surface area contributed by atoms with Crippen LogP contribution >= 0.6 is 0 Å². The molecule has 1 amide bonds. The van der Waals surface area contributed by atoms with Gasteiger partial charge in [0, 0.05) is 44.0 Å². The summed E-state index contributed by atoms with van der Waals surface area (Å²) in [6.45, 7) is 4.22. The number of sulfonamides is 1. The van der Waals surface area contributed by atoms with Crippen LogP contribution in [0.2, 0.25) is 0 Å². The zero-order valence-corrected chi connectivity index (χ0v) is 17.8. The maximum absolute atomic E-state index is 12.6. The largest absolute Gasteiger partial charge is 0.369 e. The van der Waals surface area contributed by atoms with Crippen molar-refractivity contribution >= 4 is 21.6 Å². The minimum absolute atomic E-state index is 0.0645. The average molecular weight is 427 g/mol. The molecule has 3 rings (SSSR count). The van der Waals surface area contributed by atoms with Crippen molar-refractivity contribution in [2.24, 2.45) is 0 Å². The second-order valence-corrected chi connectivity index (χ2v) is 8.92. The second-order valence-electron chi connectivity index (χ2n) is 7.15. The first kappa shape index (κ1) is 21.8. The van der Waals surface area contributed by atoms with Gasteiger partial charge < -0.3 is 15.1 Å². The van der Waals surface area contributed by atoms with E-state index in [-0.39, 0.29) is 17.3 Å². The Morgan fingerprint density at radius 1 is 1.07 bits per heavy atom. The summed E-state index contributed by atoms with van der Waals surface area (Å²) in [6, 6.07) is 13.8. The number of carbonyl (C=O) groups is 1. The lowest BCUT2D eigenvalue weighted by Gasteiger charge is -2.35. The first-order valence-corrected chi connectivity index (χ1v) is 11.2. The van der Waals surface area contributed by atoms with Gasteiger partial charge in [-0.2, -0.15) is 4.72 Å². The van der Waals surface area contributed by atoms with Crippen molar-refractivity contribution in [2.75, 3.05) is 44.7 Å². The molecule has 2 aromatic rings. The summed E-state index contributed by atoms with van der Waals surface area (Å²) >= 11 is 0. The summed E-state index contributed by atoms with van der Waals surface area (Å²) in [4.78, 5) is 17.3. The number of terminal acetylenes is 1. The maximum Gasteiger partial charge on any atom is 0.251 e. The molecule has 0 saturated carbocycles. The smallest absolute Gasteiger partial charge is 0.251 e. The topological polar surface area (TPSA) is 81.7 Å². The third-order valence-corrected chi connectivity index (χ3v) is 6.48. The van der Waals surface area contributed by atoms with Gasteiger partial charge in [0.25, 0.3) is 5.91 Å². The van der Waals surface area contributed by atoms with E-state index < -0.39 is 10.0 Å². The van der Waals surface area contributed by atoms with E-state index in [0.29, 0.717) is 12.1 Å². The summed E-state index contributed by atoms with van der Waals surface area (Å²) in [5.41, 5.74) is 2.57. The normalized spacial score (nSPS) is 14.9. The zero-order valence-electron chi connectivity index (χ0n) is 17.0. The van der Waals surface area contributed by atoms with E-state index in [1.807, 2.05) is 18.2 Å². The summed E-state index contributed by atoms with van der Waals surface area (Å²) in [5, 5.41) is 2.93. The molecule has 0 unspecified atom stereocenters. The highest BCUT2D eigenvalue weighted by Crippen LogP contribution is 2.22. The molecule has 158 valence electrons. The summed E-state index contributed by atoms with van der Waals surface area (Å²) in [5.74, 6) is 1.97. The van der Waals surface area contributed by atoms with Gasteiger partial charge in [-0.15, -0.1) is 6.42 Å². The molecule has 1 heterocycles. The molecule has 0 atom stereocenters. The summed E-state index contributed by atoms with van der Waals surface area (Å²) < 4.78 is 26.4. The van der Waals surface area contributed by atoms with Gasteiger partial charge in [-0.05, 0) is 42.9 Å². The third kappa shape index (κ3) is 5.39. The lowest BCUT2D eigenvalue weighted by molar-refractivity contribution is 0.0951. The van der Waals surface area contributed by atoms with Gasteiger partial charge in [0.2, 0.25) is 10.0 Å². The predicted molar refractivity (Wildman–Crippen MR) is 118 cm³/mol. The van der Waals surface area contributed by atoms with Crippen LogP contribution in [0.3, 0.4) is 0 Å². The molecule has 1 aliphatic heterocycles. The number of anilines is 1. The molecule has 2 aromatic carbocycles. The van der Waals surface area contributed by atoms with Crippen LogP contribution in [0.1, 0.15) is 15.9 Å². The maximum atomic E-state index is 12.6. The molecule has 0 radical (unpaired) electrons. The molecule has 0 aromatic heterocycles. The van der Waals surface area contributed by atoms with Crippen LogP contribution in [0.15, 0.2) is 53.4 Å². The number of carbonyl (C=O) groups excluding carboxylic acids is 1. The molecule has 0 bridgehead atoms. The fourth-order valence-corrected chi connectivity index (χ4v) is 4.23. The number of likely N-dealkylation sites (N-methyl/N-ethyl adjacent to an activating group) is 1. The standard InChI is InChI=1S/C22H26N4O3S/c1-3-12-24-30(28,29)20-10-8-18(9-11-20)22(27)23-17-19-6-4-5-7-21(19)26-15-13-25(2)14-16-26/h1,4-11,24H,12-17H2,2H3,(H,23,27). The number of amides is 1. The number of nitrogens with zero attached hydrogens (tertiary/aromatic N) is 2. The highest BCUT2D eigenvalue weighted by Gasteiger charge is 2.18. The number of para-hydroxylation sites is 1. The minimum Gasteiger partial charge on any atom is -0.369 e. The molecular formula is C22H26N4O3S. The Bertz CT molecular complexity index is 1020. The zero-order chi connectivity index (χ0) is 21.6. The number of nitrogens with one attached hydrogen (secondary N) is 2. The van der Waals surface area contributed by atoms with Crippen molar-refractivity contribution in [1.29, 1.82) is 0 Å². The van der Waals surface area contributed by atoms with Gasteiger partial charge in [-0.1, -0.05) is 24.1 Å². The van der Waals surface area contributed by atoms with E-state index in [0.717, 1.165) is 37.4 Å². The fraction of sp³-hybridized carbons (Fsp3) is 0.318. The summed E-state index contributed by atoms with van der Waals surface area (Å²) in [7, 11) is -1.56. The van der Waals surface area contributed by atoms with Crippen molar-refractivity contribution < 1.29 is 13.2 Å². The Kier molecular flexibility index (Phi) is 7.11. The minimum atomic E-state index is -3.68. The molecule has 0 spiro atoms. The van der Waals surface area contributed by atoms with Crippen LogP contribution in [0.4, 0.5) is 5.69 Å². The monoisotopic (exact) mass is 426 g/mol. The van der Waals surface area contributed by atoms with Crippen molar-refractivity contribution in [1.82, 2.24) is 14.9 Å². The molecule has 1 saturated heterocycles. The molecule has 8 heteroatoms. The van der Waals surface area contributed by atoms with Gasteiger partial charge >= 0.3 is 0 Å². The van der Waals surface area contributed by atoms with Crippen LogP contribution in [0, 0.1) is 12.3 Å². The molecule has 2 N–H and O–H groups in total. The highest BCUT2D eigenvalue weighted by molar-refractivity contribution is 7.89. The Morgan fingerprint density at radius 3 is 2.40 bits per heavy atom. The van der Waals surface area contributed by atoms with Crippen LogP contribution in [-0.4, -0.2) is 59.0 Å². The molecule has 0 aliphatic carbocycles. The van der Waals surface area contributed by atoms with E-state index in [4.69, 9.17) is 6.42 Å². The van der Waals surface area contributed by atoms with Crippen molar-refractivity contribution in [3.8, 4) is 12.3 Å². The van der Waals surface area contributed by atoms with Gasteiger partial charge in [0.05, 0.1) is 11.4 Å². The number of rotatable bonds is 7. The second kappa shape index (κ2) is 9.76. The number of hydrogen-bond acceptors (Lipinski definition) is 5. The van der Waals surface area contributed by atoms with Gasteiger partial charge in [0.15, 0.2) is 0 Å². The van der Waals surface area contributed by atoms with Crippen LogP contribution in [0.25, 0.3) is 0 Å². The molecular weight excluding hydrogens is 400 g/mol. The van der Waals surface area contributed by atoms with Gasteiger partial charge in [-0.3, -0.25) is 4.79 Å². The summed E-state index contributed by atoms with van der Waals surface area (Å²) in [6.07, 6.45) is 5.09.